The van der Waals surface area contributed by atoms with Crippen LogP contribution in [0.3, 0.4) is 0 Å². The first-order valence-electron chi connectivity index (χ1n) is 8.68. The fraction of sp³-hybridized carbons (Fsp3) is 0.500. The molecule has 2 aromatic rings. The Hall–Kier alpha value is -2.57. The van der Waals surface area contributed by atoms with Crippen molar-refractivity contribution in [3.05, 3.63) is 24.0 Å². The van der Waals surface area contributed by atoms with Gasteiger partial charge in [-0.25, -0.2) is 9.78 Å². The topological polar surface area (TPSA) is 79.3 Å². The van der Waals surface area contributed by atoms with Crippen molar-refractivity contribution >= 4 is 28.7 Å². The number of imidazole rings is 1. The highest BCUT2D eigenvalue weighted by Gasteiger charge is 2.34. The molecule has 0 aliphatic carbocycles. The van der Waals surface area contributed by atoms with Crippen molar-refractivity contribution in [2.45, 2.75) is 45.7 Å². The number of aromatic nitrogens is 2. The second-order valence-corrected chi connectivity index (χ2v) is 6.87. The van der Waals surface area contributed by atoms with E-state index >= 15 is 0 Å². The zero-order valence-corrected chi connectivity index (χ0v) is 15.2. The standard InChI is InChI=1S/C18H25N5O2/c1-11(2)19-18(25)23-9-5-6-16(23)17(24)21-13-7-8-15-14(10-13)20-12(3)22(15)4/h7-8,10-11,16H,5-6,9H2,1-4H3,(H,19,25)(H,21,24)/t16-/m0/s1. The van der Waals surface area contributed by atoms with Gasteiger partial charge in [0.15, 0.2) is 0 Å². The molecule has 3 amide bonds. The molecule has 25 heavy (non-hydrogen) atoms. The average molecular weight is 343 g/mol. The molecular formula is C18H25N5O2. The number of amides is 3. The highest BCUT2D eigenvalue weighted by molar-refractivity contribution is 5.98. The fourth-order valence-corrected chi connectivity index (χ4v) is 3.24. The molecule has 7 heteroatoms. The lowest BCUT2D eigenvalue weighted by atomic mass is 10.2. The number of fused-ring (bicyclic) bond motifs is 1. The van der Waals surface area contributed by atoms with E-state index in [2.05, 4.69) is 15.6 Å². The normalized spacial score (nSPS) is 17.3. The number of anilines is 1. The first kappa shape index (κ1) is 17.3. The predicted molar refractivity (Wildman–Crippen MR) is 97.5 cm³/mol. The van der Waals surface area contributed by atoms with Gasteiger partial charge < -0.3 is 20.1 Å². The van der Waals surface area contributed by atoms with Crippen LogP contribution in [0.5, 0.6) is 0 Å². The van der Waals surface area contributed by atoms with Crippen LogP contribution in [0.2, 0.25) is 0 Å². The molecule has 0 bridgehead atoms. The summed E-state index contributed by atoms with van der Waals surface area (Å²) in [6.07, 6.45) is 1.52. The van der Waals surface area contributed by atoms with E-state index in [1.165, 1.54) is 0 Å². The Bertz CT molecular complexity index is 811. The van der Waals surface area contributed by atoms with Crippen molar-refractivity contribution in [1.29, 1.82) is 0 Å². The van der Waals surface area contributed by atoms with Crippen LogP contribution < -0.4 is 10.6 Å². The molecule has 1 atom stereocenters. The van der Waals surface area contributed by atoms with Crippen molar-refractivity contribution in [3.63, 3.8) is 0 Å². The molecule has 1 aromatic carbocycles. The van der Waals surface area contributed by atoms with Gasteiger partial charge in [-0.3, -0.25) is 4.79 Å². The monoisotopic (exact) mass is 343 g/mol. The molecule has 1 aliphatic heterocycles. The van der Waals surface area contributed by atoms with Crippen molar-refractivity contribution in [2.24, 2.45) is 7.05 Å². The van der Waals surface area contributed by atoms with Crippen LogP contribution in [0, 0.1) is 6.92 Å². The summed E-state index contributed by atoms with van der Waals surface area (Å²) in [5, 5.41) is 5.79. The maximum atomic E-state index is 12.7. The molecule has 0 saturated carbocycles. The molecule has 0 spiro atoms. The number of urea groups is 1. The first-order chi connectivity index (χ1) is 11.9. The third kappa shape index (κ3) is 3.45. The zero-order valence-electron chi connectivity index (χ0n) is 15.2. The van der Waals surface area contributed by atoms with Gasteiger partial charge in [0, 0.05) is 25.3 Å². The molecule has 0 unspecified atom stereocenters. The molecule has 7 nitrogen and oxygen atoms in total. The van der Waals surface area contributed by atoms with Gasteiger partial charge in [-0.05, 0) is 51.8 Å². The number of likely N-dealkylation sites (tertiary alicyclic amines) is 1. The number of rotatable bonds is 3. The Kier molecular flexibility index (Phi) is 4.65. The number of nitrogens with zero attached hydrogens (tertiary/aromatic N) is 3. The van der Waals surface area contributed by atoms with E-state index in [4.69, 9.17) is 0 Å². The highest BCUT2D eigenvalue weighted by atomic mass is 16.2. The number of nitrogens with one attached hydrogen (secondary N) is 2. The summed E-state index contributed by atoms with van der Waals surface area (Å²) in [6.45, 7) is 6.37. The smallest absolute Gasteiger partial charge is 0.318 e. The minimum Gasteiger partial charge on any atom is -0.336 e. The van der Waals surface area contributed by atoms with Crippen molar-refractivity contribution in [2.75, 3.05) is 11.9 Å². The Labute approximate surface area is 147 Å². The maximum Gasteiger partial charge on any atom is 0.318 e. The van der Waals surface area contributed by atoms with Crippen LogP contribution in [0.15, 0.2) is 18.2 Å². The minimum atomic E-state index is -0.431. The van der Waals surface area contributed by atoms with E-state index in [1.54, 1.807) is 4.90 Å². The number of aryl methyl sites for hydroxylation is 2. The lowest BCUT2D eigenvalue weighted by Gasteiger charge is -2.25. The summed E-state index contributed by atoms with van der Waals surface area (Å²) >= 11 is 0. The second-order valence-electron chi connectivity index (χ2n) is 6.87. The summed E-state index contributed by atoms with van der Waals surface area (Å²) in [5.74, 6) is 0.772. The van der Waals surface area contributed by atoms with Gasteiger partial charge >= 0.3 is 6.03 Å². The molecule has 2 heterocycles. The van der Waals surface area contributed by atoms with Crippen molar-refractivity contribution < 1.29 is 9.59 Å². The van der Waals surface area contributed by atoms with Gasteiger partial charge in [0.1, 0.15) is 11.9 Å². The lowest BCUT2D eigenvalue weighted by molar-refractivity contribution is -0.119. The second kappa shape index (κ2) is 6.74. The van der Waals surface area contributed by atoms with Crippen molar-refractivity contribution in [1.82, 2.24) is 19.8 Å². The van der Waals surface area contributed by atoms with Gasteiger partial charge in [-0.1, -0.05) is 0 Å². The number of benzene rings is 1. The number of hydrogen-bond acceptors (Lipinski definition) is 3. The fourth-order valence-electron chi connectivity index (χ4n) is 3.24. The summed E-state index contributed by atoms with van der Waals surface area (Å²) in [5.41, 5.74) is 2.57. The highest BCUT2D eigenvalue weighted by Crippen LogP contribution is 2.22. The predicted octanol–water partition coefficient (Wildman–Crippen LogP) is 2.40. The van der Waals surface area contributed by atoms with E-state index in [9.17, 15) is 9.59 Å². The van der Waals surface area contributed by atoms with Crippen LogP contribution in [0.25, 0.3) is 11.0 Å². The van der Waals surface area contributed by atoms with Crippen LogP contribution in [-0.2, 0) is 11.8 Å². The van der Waals surface area contributed by atoms with Crippen LogP contribution in [-0.4, -0.2) is 45.0 Å². The van der Waals surface area contributed by atoms with Gasteiger partial charge in [-0.2, -0.15) is 0 Å². The third-order valence-electron chi connectivity index (χ3n) is 4.60. The largest absolute Gasteiger partial charge is 0.336 e. The number of carbonyl (C=O) groups excluding carboxylic acids is 2. The van der Waals surface area contributed by atoms with Crippen molar-refractivity contribution in [3.8, 4) is 0 Å². The Morgan fingerprint density at radius 2 is 2.08 bits per heavy atom. The van der Waals surface area contributed by atoms with E-state index in [0.717, 1.165) is 23.3 Å². The molecule has 2 N–H and O–H groups in total. The SMILES string of the molecule is Cc1nc2cc(NC(=O)[C@@H]3CCCN3C(=O)NC(C)C)ccc2n1C. The summed E-state index contributed by atoms with van der Waals surface area (Å²) in [4.78, 5) is 31.0. The van der Waals surface area contributed by atoms with Crippen LogP contribution in [0.1, 0.15) is 32.5 Å². The number of carbonyl (C=O) groups is 2. The van der Waals surface area contributed by atoms with E-state index in [1.807, 2.05) is 50.6 Å². The minimum absolute atomic E-state index is 0.0478. The molecule has 1 aliphatic rings. The average Bonchev–Trinajstić information content (AvgIpc) is 3.12. The van der Waals surface area contributed by atoms with Gasteiger partial charge in [0.2, 0.25) is 5.91 Å². The van der Waals surface area contributed by atoms with Gasteiger partial charge in [0.25, 0.3) is 0 Å². The summed E-state index contributed by atoms with van der Waals surface area (Å²) < 4.78 is 2.01. The first-order valence-corrected chi connectivity index (χ1v) is 8.68. The molecule has 3 rings (SSSR count). The zero-order chi connectivity index (χ0) is 18.1. The van der Waals surface area contributed by atoms with Gasteiger partial charge in [0.05, 0.1) is 11.0 Å². The Balaban J connectivity index is 1.74. The molecule has 0 radical (unpaired) electrons. The molecular weight excluding hydrogens is 318 g/mol. The third-order valence-corrected chi connectivity index (χ3v) is 4.60. The lowest BCUT2D eigenvalue weighted by Crippen LogP contribution is -2.49. The van der Waals surface area contributed by atoms with E-state index in [-0.39, 0.29) is 18.0 Å². The molecule has 1 saturated heterocycles. The van der Waals surface area contributed by atoms with E-state index in [0.29, 0.717) is 18.7 Å². The van der Waals surface area contributed by atoms with E-state index < -0.39 is 6.04 Å². The Morgan fingerprint density at radius 3 is 2.80 bits per heavy atom. The molecule has 1 aromatic heterocycles. The molecule has 1 fully saturated rings. The van der Waals surface area contributed by atoms with Gasteiger partial charge in [-0.15, -0.1) is 0 Å². The summed E-state index contributed by atoms with van der Waals surface area (Å²) in [7, 11) is 1.96. The molecule has 134 valence electrons. The quantitative estimate of drug-likeness (QED) is 0.898. The maximum absolute atomic E-state index is 12.7. The Morgan fingerprint density at radius 1 is 1.32 bits per heavy atom. The van der Waals surface area contributed by atoms with Crippen LogP contribution in [0.4, 0.5) is 10.5 Å². The number of hydrogen-bond donors (Lipinski definition) is 2. The summed E-state index contributed by atoms with van der Waals surface area (Å²) in [6, 6.07) is 5.13. The van der Waals surface area contributed by atoms with Crippen LogP contribution >= 0.6 is 0 Å².